The fourth-order valence-electron chi connectivity index (χ4n) is 2.12. The van der Waals surface area contributed by atoms with E-state index in [9.17, 15) is 8.78 Å². The summed E-state index contributed by atoms with van der Waals surface area (Å²) in [6.45, 7) is 0.391. The number of halogens is 3. The van der Waals surface area contributed by atoms with Gasteiger partial charge >= 0.3 is 0 Å². The Kier molecular flexibility index (Phi) is 3.31. The van der Waals surface area contributed by atoms with Crippen LogP contribution in [0.25, 0.3) is 11.0 Å². The third-order valence-electron chi connectivity index (χ3n) is 3.08. The molecule has 102 valence electrons. The van der Waals surface area contributed by atoms with Crippen molar-refractivity contribution in [3.05, 3.63) is 63.4 Å². The lowest BCUT2D eigenvalue weighted by Gasteiger charge is -2.06. The number of nitrogens with one attached hydrogen (secondary N) is 1. The summed E-state index contributed by atoms with van der Waals surface area (Å²) in [5.41, 5.74) is 1.82. The molecule has 1 heterocycles. The fourth-order valence-corrected chi connectivity index (χ4v) is 2.59. The third-order valence-corrected chi connectivity index (χ3v) is 3.70. The van der Waals surface area contributed by atoms with Crippen LogP contribution in [0.1, 0.15) is 5.56 Å². The summed E-state index contributed by atoms with van der Waals surface area (Å²) >= 11 is 11.0. The zero-order valence-corrected chi connectivity index (χ0v) is 11.7. The van der Waals surface area contributed by atoms with Crippen LogP contribution >= 0.6 is 23.8 Å². The van der Waals surface area contributed by atoms with Gasteiger partial charge in [0.05, 0.1) is 17.1 Å². The van der Waals surface area contributed by atoms with Gasteiger partial charge in [0.15, 0.2) is 4.77 Å². The Morgan fingerprint density at radius 1 is 1.15 bits per heavy atom. The summed E-state index contributed by atoms with van der Waals surface area (Å²) < 4.78 is 29.0. The highest BCUT2D eigenvalue weighted by molar-refractivity contribution is 7.71. The molecule has 6 heteroatoms. The van der Waals surface area contributed by atoms with Gasteiger partial charge in [0.2, 0.25) is 0 Å². The van der Waals surface area contributed by atoms with E-state index < -0.39 is 5.82 Å². The van der Waals surface area contributed by atoms with Gasteiger partial charge in [-0.05, 0) is 42.0 Å². The van der Waals surface area contributed by atoms with E-state index in [-0.39, 0.29) is 10.8 Å². The van der Waals surface area contributed by atoms with Crippen molar-refractivity contribution in [1.29, 1.82) is 0 Å². The summed E-state index contributed by atoms with van der Waals surface area (Å²) in [4.78, 5) is 2.84. The molecule has 2 aromatic carbocycles. The maximum Gasteiger partial charge on any atom is 0.178 e. The standard InChI is InChI=1S/C14H9ClF2N2S/c15-9-6-8(4-5-10(9)16)7-19-12-3-1-2-11(17)13(12)18-14(19)20/h1-6H,7H2,(H,18,20). The minimum atomic E-state index is -0.469. The molecule has 1 N–H and O–H groups in total. The molecule has 0 unspecified atom stereocenters. The lowest BCUT2D eigenvalue weighted by atomic mass is 10.2. The molecule has 0 aliphatic carbocycles. The number of H-pyrrole nitrogens is 1. The number of nitrogens with zero attached hydrogens (tertiary/aromatic N) is 1. The molecule has 3 aromatic rings. The molecule has 0 spiro atoms. The predicted molar refractivity (Wildman–Crippen MR) is 77.6 cm³/mol. The van der Waals surface area contributed by atoms with Crippen molar-refractivity contribution >= 4 is 34.9 Å². The molecule has 0 radical (unpaired) electrons. The third kappa shape index (κ3) is 2.23. The first-order chi connectivity index (χ1) is 9.56. The van der Waals surface area contributed by atoms with Gasteiger partial charge in [0, 0.05) is 0 Å². The summed E-state index contributed by atoms with van der Waals surface area (Å²) in [6, 6.07) is 9.23. The molecular formula is C14H9ClF2N2S. The maximum absolute atomic E-state index is 13.7. The Labute approximate surface area is 123 Å². The van der Waals surface area contributed by atoms with Crippen LogP contribution < -0.4 is 0 Å². The van der Waals surface area contributed by atoms with Crippen molar-refractivity contribution in [3.8, 4) is 0 Å². The molecule has 0 aliphatic rings. The normalized spacial score (nSPS) is 11.2. The van der Waals surface area contributed by atoms with Crippen molar-refractivity contribution in [2.24, 2.45) is 0 Å². The second kappa shape index (κ2) is 5.00. The second-order valence-electron chi connectivity index (χ2n) is 4.40. The summed E-state index contributed by atoms with van der Waals surface area (Å²) in [7, 11) is 0. The molecule has 20 heavy (non-hydrogen) atoms. The van der Waals surface area contributed by atoms with E-state index in [1.54, 1.807) is 22.8 Å². The number of hydrogen-bond acceptors (Lipinski definition) is 1. The zero-order valence-electron chi connectivity index (χ0n) is 10.2. The van der Waals surface area contributed by atoms with Crippen LogP contribution in [0.5, 0.6) is 0 Å². The van der Waals surface area contributed by atoms with Crippen LogP contribution in [0.15, 0.2) is 36.4 Å². The van der Waals surface area contributed by atoms with Gasteiger partial charge < -0.3 is 9.55 Å². The number of aromatic nitrogens is 2. The number of para-hydroxylation sites is 1. The van der Waals surface area contributed by atoms with Crippen molar-refractivity contribution in [1.82, 2.24) is 9.55 Å². The summed E-state index contributed by atoms with van der Waals surface area (Å²) in [6.07, 6.45) is 0. The maximum atomic E-state index is 13.7. The van der Waals surface area contributed by atoms with Crippen LogP contribution in [-0.2, 0) is 6.54 Å². The number of rotatable bonds is 2. The van der Waals surface area contributed by atoms with Crippen LogP contribution in [0.4, 0.5) is 8.78 Å². The van der Waals surface area contributed by atoms with E-state index in [0.717, 1.165) is 5.56 Å². The average Bonchev–Trinajstić information content (AvgIpc) is 2.73. The Balaban J connectivity index is 2.11. The lowest BCUT2D eigenvalue weighted by Crippen LogP contribution is -2.00. The first kappa shape index (κ1) is 13.3. The van der Waals surface area contributed by atoms with Gasteiger partial charge in [0.1, 0.15) is 17.2 Å². The van der Waals surface area contributed by atoms with E-state index >= 15 is 0 Å². The highest BCUT2D eigenvalue weighted by Crippen LogP contribution is 2.21. The molecule has 0 atom stereocenters. The van der Waals surface area contributed by atoms with Gasteiger partial charge in [-0.2, -0.15) is 0 Å². The molecule has 3 rings (SSSR count). The van der Waals surface area contributed by atoms with Gasteiger partial charge in [0.25, 0.3) is 0 Å². The zero-order chi connectivity index (χ0) is 14.3. The van der Waals surface area contributed by atoms with E-state index in [1.807, 2.05) is 0 Å². The van der Waals surface area contributed by atoms with E-state index in [1.165, 1.54) is 18.2 Å². The van der Waals surface area contributed by atoms with Gasteiger partial charge in [-0.3, -0.25) is 0 Å². The monoisotopic (exact) mass is 310 g/mol. The number of fused-ring (bicyclic) bond motifs is 1. The quantitative estimate of drug-likeness (QED) is 0.682. The first-order valence-corrected chi connectivity index (χ1v) is 6.66. The van der Waals surface area contributed by atoms with Crippen LogP contribution in [0.3, 0.4) is 0 Å². The van der Waals surface area contributed by atoms with Crippen LogP contribution in [0, 0.1) is 16.4 Å². The number of imidazole rings is 1. The van der Waals surface area contributed by atoms with Gasteiger partial charge in [-0.25, -0.2) is 8.78 Å². The summed E-state index contributed by atoms with van der Waals surface area (Å²) in [5.74, 6) is -0.825. The molecular weight excluding hydrogens is 302 g/mol. The Bertz CT molecular complexity index is 854. The molecule has 0 aliphatic heterocycles. The second-order valence-corrected chi connectivity index (χ2v) is 5.19. The Hall–Kier alpha value is -1.72. The Morgan fingerprint density at radius 2 is 1.95 bits per heavy atom. The minimum absolute atomic E-state index is 0.0556. The van der Waals surface area contributed by atoms with Gasteiger partial charge in [-0.1, -0.05) is 23.7 Å². The van der Waals surface area contributed by atoms with E-state index in [2.05, 4.69) is 4.98 Å². The first-order valence-electron chi connectivity index (χ1n) is 5.87. The minimum Gasteiger partial charge on any atom is -0.328 e. The molecule has 2 nitrogen and oxygen atoms in total. The van der Waals surface area contributed by atoms with Gasteiger partial charge in [-0.15, -0.1) is 0 Å². The summed E-state index contributed by atoms with van der Waals surface area (Å²) in [5, 5.41) is 0.0556. The van der Waals surface area contributed by atoms with E-state index in [0.29, 0.717) is 22.3 Å². The Morgan fingerprint density at radius 3 is 2.70 bits per heavy atom. The molecule has 0 bridgehead atoms. The van der Waals surface area contributed by atoms with Crippen molar-refractivity contribution < 1.29 is 8.78 Å². The van der Waals surface area contributed by atoms with Crippen molar-refractivity contribution in [3.63, 3.8) is 0 Å². The van der Waals surface area contributed by atoms with E-state index in [4.69, 9.17) is 23.8 Å². The molecule has 0 amide bonds. The fraction of sp³-hybridized carbons (Fsp3) is 0.0714. The molecule has 1 aromatic heterocycles. The number of hydrogen-bond donors (Lipinski definition) is 1. The highest BCUT2D eigenvalue weighted by Gasteiger charge is 2.09. The van der Waals surface area contributed by atoms with Crippen LogP contribution in [-0.4, -0.2) is 9.55 Å². The molecule has 0 fully saturated rings. The SMILES string of the molecule is Fc1ccc(Cn2c(=S)[nH]c3c(F)cccc32)cc1Cl. The van der Waals surface area contributed by atoms with Crippen LogP contribution in [0.2, 0.25) is 5.02 Å². The lowest BCUT2D eigenvalue weighted by molar-refractivity contribution is 0.627. The molecule has 0 saturated carbocycles. The van der Waals surface area contributed by atoms with Crippen molar-refractivity contribution in [2.45, 2.75) is 6.54 Å². The number of benzene rings is 2. The molecule has 0 saturated heterocycles. The smallest absolute Gasteiger partial charge is 0.178 e. The average molecular weight is 311 g/mol. The topological polar surface area (TPSA) is 20.7 Å². The number of aromatic amines is 1. The highest BCUT2D eigenvalue weighted by atomic mass is 35.5. The predicted octanol–water partition coefficient (Wildman–Crippen LogP) is 4.68. The largest absolute Gasteiger partial charge is 0.328 e. The van der Waals surface area contributed by atoms with Crippen molar-refractivity contribution in [2.75, 3.05) is 0 Å².